The van der Waals surface area contributed by atoms with Crippen LogP contribution in [0.25, 0.3) is 11.0 Å². The summed E-state index contributed by atoms with van der Waals surface area (Å²) in [6, 6.07) is 5.68. The van der Waals surface area contributed by atoms with Gasteiger partial charge in [0.15, 0.2) is 0 Å². The molecule has 29 heavy (non-hydrogen) atoms. The molecular weight excluding hydrogens is 370 g/mol. The maximum Gasteiger partial charge on any atom is 0.407 e. The summed E-state index contributed by atoms with van der Waals surface area (Å²) in [5, 5.41) is 3.05. The van der Waals surface area contributed by atoms with E-state index in [4.69, 9.17) is 9.47 Å². The Hall–Kier alpha value is -2.70. The molecule has 1 aromatic carbocycles. The molecule has 1 aliphatic carbocycles. The number of nitrogens with zero attached hydrogens (tertiary/aromatic N) is 2. The molecule has 7 heteroatoms. The highest BCUT2D eigenvalue weighted by molar-refractivity contribution is 5.79. The first-order chi connectivity index (χ1) is 13.7. The summed E-state index contributed by atoms with van der Waals surface area (Å²) in [6.45, 7) is 5.52. The molecule has 0 aliphatic heterocycles. The van der Waals surface area contributed by atoms with Gasteiger partial charge in [0.25, 0.3) is 0 Å². The minimum absolute atomic E-state index is 0.156. The number of hydrogen-bond donors (Lipinski definition) is 1. The van der Waals surface area contributed by atoms with Crippen molar-refractivity contribution in [3.8, 4) is 5.88 Å². The number of benzene rings is 1. The van der Waals surface area contributed by atoms with Gasteiger partial charge in [-0.25, -0.2) is 14.8 Å². The minimum Gasteiger partial charge on any atom is -0.480 e. The third-order valence-corrected chi connectivity index (χ3v) is 5.14. The number of Topliss-reactive ketones (excluding diaryl/α,β-unsaturated/α-hetero) is 1. The van der Waals surface area contributed by atoms with Crippen LogP contribution in [0.1, 0.15) is 52.0 Å². The highest BCUT2D eigenvalue weighted by atomic mass is 16.6. The highest BCUT2D eigenvalue weighted by Gasteiger charge is 2.30. The first kappa shape index (κ1) is 21.0. The van der Waals surface area contributed by atoms with E-state index in [1.54, 1.807) is 13.3 Å². The number of para-hydroxylation sites is 1. The zero-order valence-electron chi connectivity index (χ0n) is 17.5. The number of methoxy groups -OCH3 is 1. The quantitative estimate of drug-likeness (QED) is 0.822. The van der Waals surface area contributed by atoms with Crippen molar-refractivity contribution in [2.45, 2.75) is 64.5 Å². The Balaban J connectivity index is 1.87. The van der Waals surface area contributed by atoms with Gasteiger partial charge in [-0.15, -0.1) is 0 Å². The standard InChI is InChI=1S/C22H29N3O4/c1-22(2,3)29-21(27)24-18(14-8-10-16(26)11-9-14)12-15-6-5-7-17-20(15)25-19(28-4)13-23-17/h5-7,13-14,18H,8-12H2,1-4H3,(H,24,27)/t18-/m1/s1. The molecule has 1 amide bonds. The molecular formula is C22H29N3O4. The van der Waals surface area contributed by atoms with Crippen LogP contribution in [0.4, 0.5) is 4.79 Å². The number of ketones is 1. The molecule has 1 aliphatic rings. The van der Waals surface area contributed by atoms with E-state index < -0.39 is 11.7 Å². The Morgan fingerprint density at radius 1 is 1.28 bits per heavy atom. The summed E-state index contributed by atoms with van der Waals surface area (Å²) in [5.41, 5.74) is 1.94. The molecule has 0 saturated heterocycles. The van der Waals surface area contributed by atoms with Gasteiger partial charge >= 0.3 is 6.09 Å². The number of alkyl carbamates (subject to hydrolysis) is 1. The molecule has 7 nitrogen and oxygen atoms in total. The molecule has 0 bridgehead atoms. The van der Waals surface area contributed by atoms with Crippen molar-refractivity contribution in [1.29, 1.82) is 0 Å². The number of amides is 1. The Morgan fingerprint density at radius 2 is 2.00 bits per heavy atom. The topological polar surface area (TPSA) is 90.4 Å². The van der Waals surface area contributed by atoms with Crippen LogP contribution in [-0.4, -0.2) is 40.6 Å². The average Bonchev–Trinajstić information content (AvgIpc) is 2.66. The van der Waals surface area contributed by atoms with E-state index in [0.29, 0.717) is 25.1 Å². The van der Waals surface area contributed by atoms with Crippen LogP contribution in [0.2, 0.25) is 0 Å². The fourth-order valence-electron chi connectivity index (χ4n) is 3.73. The van der Waals surface area contributed by atoms with Gasteiger partial charge in [-0.05, 0) is 57.6 Å². The van der Waals surface area contributed by atoms with Gasteiger partial charge in [0.2, 0.25) is 5.88 Å². The highest BCUT2D eigenvalue weighted by Crippen LogP contribution is 2.28. The second-order valence-corrected chi connectivity index (χ2v) is 8.53. The van der Waals surface area contributed by atoms with Crippen LogP contribution in [0.3, 0.4) is 0 Å². The molecule has 156 valence electrons. The molecule has 0 spiro atoms. The van der Waals surface area contributed by atoms with Gasteiger partial charge in [0.1, 0.15) is 11.4 Å². The number of aromatic nitrogens is 2. The lowest BCUT2D eigenvalue weighted by atomic mass is 9.81. The van der Waals surface area contributed by atoms with Crippen LogP contribution < -0.4 is 10.1 Å². The first-order valence-corrected chi connectivity index (χ1v) is 10.0. The summed E-state index contributed by atoms with van der Waals surface area (Å²) >= 11 is 0. The zero-order valence-corrected chi connectivity index (χ0v) is 17.5. The third-order valence-electron chi connectivity index (χ3n) is 5.14. The van der Waals surface area contributed by atoms with Crippen molar-refractivity contribution in [1.82, 2.24) is 15.3 Å². The molecule has 0 unspecified atom stereocenters. The zero-order chi connectivity index (χ0) is 21.0. The molecule has 0 radical (unpaired) electrons. The van der Waals surface area contributed by atoms with E-state index in [-0.39, 0.29) is 17.7 Å². The Morgan fingerprint density at radius 3 is 2.66 bits per heavy atom. The van der Waals surface area contributed by atoms with Gasteiger partial charge in [-0.2, -0.15) is 0 Å². The molecule has 2 aromatic rings. The van der Waals surface area contributed by atoms with Crippen LogP contribution in [0.15, 0.2) is 24.4 Å². The van der Waals surface area contributed by atoms with Crippen molar-refractivity contribution < 1.29 is 19.1 Å². The second kappa shape index (κ2) is 8.76. The Bertz CT molecular complexity index is 881. The summed E-state index contributed by atoms with van der Waals surface area (Å²) in [7, 11) is 1.56. The lowest BCUT2D eigenvalue weighted by Crippen LogP contribution is -2.45. The fraction of sp³-hybridized carbons (Fsp3) is 0.545. The van der Waals surface area contributed by atoms with Crippen LogP contribution >= 0.6 is 0 Å². The normalized spacial score (nSPS) is 16.5. The largest absolute Gasteiger partial charge is 0.480 e. The van der Waals surface area contributed by atoms with E-state index in [1.807, 2.05) is 39.0 Å². The summed E-state index contributed by atoms with van der Waals surface area (Å²) in [5.74, 6) is 0.942. The second-order valence-electron chi connectivity index (χ2n) is 8.53. The maximum atomic E-state index is 12.5. The molecule has 1 fully saturated rings. The number of nitrogens with one attached hydrogen (secondary N) is 1. The Labute approximate surface area is 171 Å². The predicted octanol–water partition coefficient (Wildman–Crippen LogP) is 3.83. The monoisotopic (exact) mass is 399 g/mol. The molecule has 1 heterocycles. The lowest BCUT2D eigenvalue weighted by Gasteiger charge is -2.31. The Kier molecular flexibility index (Phi) is 6.35. The van der Waals surface area contributed by atoms with Crippen molar-refractivity contribution in [2.75, 3.05) is 7.11 Å². The molecule has 3 rings (SSSR count). The maximum absolute atomic E-state index is 12.5. The van der Waals surface area contributed by atoms with Crippen LogP contribution in [0, 0.1) is 5.92 Å². The number of hydrogen-bond acceptors (Lipinski definition) is 6. The van der Waals surface area contributed by atoms with Crippen molar-refractivity contribution >= 4 is 22.9 Å². The summed E-state index contributed by atoms with van der Waals surface area (Å²) < 4.78 is 10.7. The van der Waals surface area contributed by atoms with Gasteiger partial charge in [-0.1, -0.05) is 12.1 Å². The molecule has 1 aromatic heterocycles. The van der Waals surface area contributed by atoms with E-state index in [2.05, 4.69) is 15.3 Å². The summed E-state index contributed by atoms with van der Waals surface area (Å²) in [4.78, 5) is 33.1. The van der Waals surface area contributed by atoms with Crippen LogP contribution in [-0.2, 0) is 16.0 Å². The lowest BCUT2D eigenvalue weighted by molar-refractivity contribution is -0.121. The average molecular weight is 399 g/mol. The third kappa shape index (κ3) is 5.65. The van der Waals surface area contributed by atoms with E-state index >= 15 is 0 Å². The van der Waals surface area contributed by atoms with E-state index in [1.165, 1.54) is 0 Å². The van der Waals surface area contributed by atoms with Gasteiger partial charge < -0.3 is 14.8 Å². The molecule has 1 N–H and O–H groups in total. The van der Waals surface area contributed by atoms with Gasteiger partial charge in [0.05, 0.1) is 24.3 Å². The van der Waals surface area contributed by atoms with Crippen molar-refractivity contribution in [2.24, 2.45) is 5.92 Å². The fourth-order valence-corrected chi connectivity index (χ4v) is 3.73. The van der Waals surface area contributed by atoms with E-state index in [9.17, 15) is 9.59 Å². The van der Waals surface area contributed by atoms with Gasteiger partial charge in [-0.3, -0.25) is 4.79 Å². The minimum atomic E-state index is -0.574. The van der Waals surface area contributed by atoms with E-state index in [0.717, 1.165) is 29.4 Å². The number of carbonyl (C=O) groups excluding carboxylic acids is 2. The predicted molar refractivity (Wildman–Crippen MR) is 110 cm³/mol. The number of rotatable bonds is 5. The van der Waals surface area contributed by atoms with Gasteiger partial charge in [0, 0.05) is 18.9 Å². The van der Waals surface area contributed by atoms with Crippen LogP contribution in [0.5, 0.6) is 5.88 Å². The molecule has 1 saturated carbocycles. The number of fused-ring (bicyclic) bond motifs is 1. The number of carbonyl (C=O) groups is 2. The first-order valence-electron chi connectivity index (χ1n) is 10.0. The SMILES string of the molecule is COc1cnc2cccc(C[C@@H](NC(=O)OC(C)(C)C)C3CCC(=O)CC3)c2n1. The molecule has 1 atom stereocenters. The number of ether oxygens (including phenoxy) is 2. The van der Waals surface area contributed by atoms with Crippen molar-refractivity contribution in [3.05, 3.63) is 30.0 Å². The van der Waals surface area contributed by atoms with Crippen molar-refractivity contribution in [3.63, 3.8) is 0 Å². The summed E-state index contributed by atoms with van der Waals surface area (Å²) in [6.07, 6.45) is 4.37. The smallest absolute Gasteiger partial charge is 0.407 e.